The molecule has 0 spiro atoms. The Balaban J connectivity index is 2.37. The molecule has 2 rings (SSSR count). The SMILES string of the molecule is CC(C)(C)CN(C(=O)c1ccccc1Cc1ccccc1)C(C)(C)C. The quantitative estimate of drug-likeness (QED) is 0.715. The highest BCUT2D eigenvalue weighted by molar-refractivity contribution is 5.96. The minimum Gasteiger partial charge on any atom is -0.333 e. The maximum Gasteiger partial charge on any atom is 0.254 e. The van der Waals surface area contributed by atoms with E-state index in [0.29, 0.717) is 0 Å². The van der Waals surface area contributed by atoms with Crippen molar-refractivity contribution in [2.24, 2.45) is 5.41 Å². The summed E-state index contributed by atoms with van der Waals surface area (Å²) < 4.78 is 0. The molecule has 0 atom stereocenters. The number of nitrogens with zero attached hydrogens (tertiary/aromatic N) is 1. The second-order valence-corrected chi connectivity index (χ2v) is 8.94. The Hall–Kier alpha value is -2.09. The smallest absolute Gasteiger partial charge is 0.254 e. The summed E-state index contributed by atoms with van der Waals surface area (Å²) in [4.78, 5) is 15.4. The summed E-state index contributed by atoms with van der Waals surface area (Å²) in [6.07, 6.45) is 0.774. The zero-order chi connectivity index (χ0) is 18.7. The Labute approximate surface area is 152 Å². The zero-order valence-electron chi connectivity index (χ0n) is 16.5. The summed E-state index contributed by atoms with van der Waals surface area (Å²) in [5, 5.41) is 0. The molecule has 1 amide bonds. The standard InChI is InChI=1S/C23H31NO/c1-22(2,3)17-24(23(4,5)6)21(25)20-15-11-10-14-19(20)16-18-12-8-7-9-13-18/h7-15H,16-17H2,1-6H3. The number of hydrogen-bond donors (Lipinski definition) is 0. The normalized spacial score (nSPS) is 12.1. The van der Waals surface area contributed by atoms with E-state index in [-0.39, 0.29) is 16.9 Å². The third-order valence-electron chi connectivity index (χ3n) is 4.17. The van der Waals surface area contributed by atoms with Crippen molar-refractivity contribution < 1.29 is 4.79 Å². The van der Waals surface area contributed by atoms with Crippen molar-refractivity contribution in [3.8, 4) is 0 Å². The highest BCUT2D eigenvalue weighted by Crippen LogP contribution is 2.26. The van der Waals surface area contributed by atoms with Gasteiger partial charge in [-0.2, -0.15) is 0 Å². The van der Waals surface area contributed by atoms with Crippen molar-refractivity contribution in [3.05, 3.63) is 71.3 Å². The maximum atomic E-state index is 13.4. The molecule has 0 radical (unpaired) electrons. The topological polar surface area (TPSA) is 20.3 Å². The summed E-state index contributed by atoms with van der Waals surface area (Å²) >= 11 is 0. The average Bonchev–Trinajstić information content (AvgIpc) is 2.52. The summed E-state index contributed by atoms with van der Waals surface area (Å²) in [6, 6.07) is 18.3. The van der Waals surface area contributed by atoms with Gasteiger partial charge in [-0.1, -0.05) is 69.3 Å². The van der Waals surface area contributed by atoms with Crippen LogP contribution in [0.15, 0.2) is 54.6 Å². The minimum atomic E-state index is -0.218. The largest absolute Gasteiger partial charge is 0.333 e. The van der Waals surface area contributed by atoms with E-state index >= 15 is 0 Å². The van der Waals surface area contributed by atoms with E-state index in [9.17, 15) is 4.79 Å². The number of benzene rings is 2. The molecule has 0 aliphatic carbocycles. The van der Waals surface area contributed by atoms with Gasteiger partial charge >= 0.3 is 0 Å². The summed E-state index contributed by atoms with van der Waals surface area (Å²) in [5.41, 5.74) is 2.95. The number of hydrogen-bond acceptors (Lipinski definition) is 1. The predicted molar refractivity (Wildman–Crippen MR) is 106 cm³/mol. The van der Waals surface area contributed by atoms with Crippen molar-refractivity contribution >= 4 is 5.91 Å². The lowest BCUT2D eigenvalue weighted by molar-refractivity contribution is 0.0477. The molecule has 0 N–H and O–H groups in total. The first kappa shape index (κ1) is 19.2. The van der Waals surface area contributed by atoms with Crippen LogP contribution in [-0.4, -0.2) is 22.9 Å². The van der Waals surface area contributed by atoms with Gasteiger partial charge in [0.05, 0.1) is 0 Å². The molecule has 2 nitrogen and oxygen atoms in total. The minimum absolute atomic E-state index is 0.0529. The Bertz CT molecular complexity index is 705. The summed E-state index contributed by atoms with van der Waals surface area (Å²) in [5.74, 6) is 0.119. The second kappa shape index (κ2) is 7.43. The molecule has 0 aliphatic rings. The van der Waals surface area contributed by atoms with Gasteiger partial charge in [0.2, 0.25) is 0 Å². The molecular weight excluding hydrogens is 306 g/mol. The Kier molecular flexibility index (Phi) is 5.72. The lowest BCUT2D eigenvalue weighted by Crippen LogP contribution is -2.49. The lowest BCUT2D eigenvalue weighted by atomic mass is 9.91. The fourth-order valence-electron chi connectivity index (χ4n) is 2.93. The van der Waals surface area contributed by atoms with Crippen LogP contribution in [0.2, 0.25) is 0 Å². The van der Waals surface area contributed by atoms with E-state index in [1.807, 2.05) is 41.3 Å². The monoisotopic (exact) mass is 337 g/mol. The van der Waals surface area contributed by atoms with Gasteiger partial charge in [-0.25, -0.2) is 0 Å². The van der Waals surface area contributed by atoms with Gasteiger partial charge in [0.1, 0.15) is 0 Å². The number of carbonyl (C=O) groups excluding carboxylic acids is 1. The van der Waals surface area contributed by atoms with Crippen molar-refractivity contribution in [3.63, 3.8) is 0 Å². The molecule has 0 saturated carbocycles. The first-order valence-electron chi connectivity index (χ1n) is 9.02. The highest BCUT2D eigenvalue weighted by Gasteiger charge is 2.31. The summed E-state index contributed by atoms with van der Waals surface area (Å²) in [6.45, 7) is 13.6. The molecule has 0 saturated heterocycles. The Morgan fingerprint density at radius 3 is 1.96 bits per heavy atom. The van der Waals surface area contributed by atoms with Crippen molar-refractivity contribution in [1.82, 2.24) is 4.90 Å². The van der Waals surface area contributed by atoms with Gasteiger partial charge in [0.15, 0.2) is 0 Å². The molecule has 2 aromatic rings. The molecular formula is C23H31NO. The van der Waals surface area contributed by atoms with Crippen LogP contribution in [0, 0.1) is 5.41 Å². The summed E-state index contributed by atoms with van der Waals surface area (Å²) in [7, 11) is 0. The highest BCUT2D eigenvalue weighted by atomic mass is 16.2. The third kappa shape index (κ3) is 5.45. The third-order valence-corrected chi connectivity index (χ3v) is 4.17. The predicted octanol–water partition coefficient (Wildman–Crippen LogP) is 5.56. The van der Waals surface area contributed by atoms with E-state index in [1.54, 1.807) is 0 Å². The van der Waals surface area contributed by atoms with E-state index in [1.165, 1.54) is 5.56 Å². The van der Waals surface area contributed by atoms with Crippen LogP contribution in [-0.2, 0) is 6.42 Å². The molecule has 134 valence electrons. The van der Waals surface area contributed by atoms with Crippen LogP contribution in [0.25, 0.3) is 0 Å². The van der Waals surface area contributed by atoms with Gasteiger partial charge in [-0.3, -0.25) is 4.79 Å². The molecule has 0 fully saturated rings. The van der Waals surface area contributed by atoms with Crippen LogP contribution in [0.5, 0.6) is 0 Å². The van der Waals surface area contributed by atoms with Gasteiger partial charge < -0.3 is 4.90 Å². The van der Waals surface area contributed by atoms with Gasteiger partial charge in [-0.05, 0) is 49.8 Å². The van der Waals surface area contributed by atoms with Crippen LogP contribution in [0.1, 0.15) is 63.0 Å². The Morgan fingerprint density at radius 1 is 0.840 bits per heavy atom. The van der Waals surface area contributed by atoms with Crippen LogP contribution >= 0.6 is 0 Å². The second-order valence-electron chi connectivity index (χ2n) is 8.94. The molecule has 25 heavy (non-hydrogen) atoms. The molecule has 2 heteroatoms. The number of amides is 1. The molecule has 2 aromatic carbocycles. The first-order valence-corrected chi connectivity index (χ1v) is 9.02. The first-order chi connectivity index (χ1) is 11.6. The van der Waals surface area contributed by atoms with Crippen molar-refractivity contribution in [2.45, 2.75) is 53.5 Å². The van der Waals surface area contributed by atoms with Gasteiger partial charge in [0, 0.05) is 17.6 Å². The van der Waals surface area contributed by atoms with Gasteiger partial charge in [0.25, 0.3) is 5.91 Å². The molecule has 0 unspecified atom stereocenters. The fourth-order valence-corrected chi connectivity index (χ4v) is 2.93. The van der Waals surface area contributed by atoms with E-state index in [0.717, 1.165) is 24.1 Å². The lowest BCUT2D eigenvalue weighted by Gasteiger charge is -2.40. The number of rotatable bonds is 4. The molecule has 0 aromatic heterocycles. The number of carbonyl (C=O) groups is 1. The molecule has 0 bridgehead atoms. The van der Waals surface area contributed by atoms with E-state index in [2.05, 4.69) is 59.7 Å². The maximum absolute atomic E-state index is 13.4. The van der Waals surface area contributed by atoms with Crippen molar-refractivity contribution in [1.29, 1.82) is 0 Å². The fraction of sp³-hybridized carbons (Fsp3) is 0.435. The van der Waals surface area contributed by atoms with Gasteiger partial charge in [-0.15, -0.1) is 0 Å². The van der Waals surface area contributed by atoms with E-state index < -0.39 is 0 Å². The molecule has 0 aliphatic heterocycles. The van der Waals surface area contributed by atoms with E-state index in [4.69, 9.17) is 0 Å². The van der Waals surface area contributed by atoms with Crippen LogP contribution < -0.4 is 0 Å². The van der Waals surface area contributed by atoms with Crippen molar-refractivity contribution in [2.75, 3.05) is 6.54 Å². The Morgan fingerprint density at radius 2 is 1.40 bits per heavy atom. The zero-order valence-corrected chi connectivity index (χ0v) is 16.5. The average molecular weight is 338 g/mol. The van der Waals surface area contributed by atoms with Crippen LogP contribution in [0.3, 0.4) is 0 Å². The molecule has 0 heterocycles. The van der Waals surface area contributed by atoms with Crippen LogP contribution in [0.4, 0.5) is 0 Å².